The van der Waals surface area contributed by atoms with Crippen LogP contribution in [0.15, 0.2) is 109 Å². The van der Waals surface area contributed by atoms with Crippen molar-refractivity contribution in [2.24, 2.45) is 7.05 Å². The first-order valence-corrected chi connectivity index (χ1v) is 15.4. The van der Waals surface area contributed by atoms with Crippen LogP contribution in [-0.4, -0.2) is 4.57 Å². The molecule has 0 saturated heterocycles. The van der Waals surface area contributed by atoms with Gasteiger partial charge in [-0.05, 0) is 83.0 Å². The van der Waals surface area contributed by atoms with Crippen molar-refractivity contribution >= 4 is 11.0 Å². The lowest BCUT2D eigenvalue weighted by molar-refractivity contribution is -0.557. The van der Waals surface area contributed by atoms with Gasteiger partial charge in [0.1, 0.15) is 5.69 Å². The minimum absolute atomic E-state index is 0.0368. The van der Waals surface area contributed by atoms with E-state index in [1.807, 2.05) is 0 Å². The molecule has 0 N–H and O–H groups in total. The molecule has 0 spiro atoms. The van der Waals surface area contributed by atoms with Crippen molar-refractivity contribution in [1.82, 2.24) is 4.57 Å². The Morgan fingerprint density at radius 3 is 1.77 bits per heavy atom. The van der Waals surface area contributed by atoms with Crippen LogP contribution in [0, 0.1) is 6.92 Å². The third kappa shape index (κ3) is 5.23. The van der Waals surface area contributed by atoms with Crippen LogP contribution >= 0.6 is 0 Å². The molecule has 0 fully saturated rings. The van der Waals surface area contributed by atoms with Gasteiger partial charge in [-0.2, -0.15) is 4.57 Å². The minimum atomic E-state index is -2.48. The molecule has 0 saturated carbocycles. The van der Waals surface area contributed by atoms with E-state index in [1.165, 1.54) is 51.2 Å². The lowest BCUT2D eigenvalue weighted by Gasteiger charge is -2.21. The van der Waals surface area contributed by atoms with Gasteiger partial charge in [0, 0.05) is 16.7 Å². The van der Waals surface area contributed by atoms with E-state index in [0.717, 1.165) is 28.0 Å². The third-order valence-corrected chi connectivity index (χ3v) is 8.73. The van der Waals surface area contributed by atoms with Gasteiger partial charge in [0.15, 0.2) is 11.0 Å². The molecule has 0 aliphatic heterocycles. The number of alkyl halides is 2. The smallest absolute Gasteiger partial charge is 0.225 e. The van der Waals surface area contributed by atoms with E-state index in [9.17, 15) is 8.78 Å². The zero-order valence-corrected chi connectivity index (χ0v) is 26.3. The van der Waals surface area contributed by atoms with Crippen LogP contribution in [0.2, 0.25) is 0 Å². The average Bonchev–Trinajstić information content (AvgIpc) is 3.31. The summed E-state index contributed by atoms with van der Waals surface area (Å²) in [6.07, 6.45) is -2.48. The third-order valence-electron chi connectivity index (χ3n) is 8.73. The van der Waals surface area contributed by atoms with E-state index < -0.39 is 6.43 Å². The Morgan fingerprint density at radius 1 is 0.614 bits per heavy atom. The maximum absolute atomic E-state index is 13.3. The Balaban J connectivity index is 1.69. The predicted octanol–water partition coefficient (Wildman–Crippen LogP) is 10.9. The average molecular weight is 586 g/mol. The molecule has 0 bridgehead atoms. The minimum Gasteiger partial charge on any atom is -0.225 e. The molecule has 5 aromatic carbocycles. The molecule has 1 aromatic heterocycles. The molecular weight excluding hydrogens is 546 g/mol. The molecule has 6 rings (SSSR count). The topological polar surface area (TPSA) is 8.81 Å². The molecule has 0 amide bonds. The Morgan fingerprint density at radius 2 is 1.18 bits per heavy atom. The van der Waals surface area contributed by atoms with Crippen molar-refractivity contribution in [1.29, 1.82) is 0 Å². The van der Waals surface area contributed by atoms with Gasteiger partial charge in [-0.15, -0.1) is 0 Å². The van der Waals surface area contributed by atoms with E-state index in [0.29, 0.717) is 0 Å². The van der Waals surface area contributed by atoms with Gasteiger partial charge >= 0.3 is 0 Å². The summed E-state index contributed by atoms with van der Waals surface area (Å²) in [5, 5.41) is 0. The van der Waals surface area contributed by atoms with Crippen molar-refractivity contribution in [3.05, 3.63) is 131 Å². The molecule has 0 aliphatic rings. The van der Waals surface area contributed by atoms with Crippen LogP contribution in [0.25, 0.3) is 50.4 Å². The number of nitrogens with zero attached hydrogens (tertiary/aromatic N) is 2. The van der Waals surface area contributed by atoms with Crippen LogP contribution in [0.3, 0.4) is 0 Å². The first-order valence-electron chi connectivity index (χ1n) is 15.4. The highest BCUT2D eigenvalue weighted by atomic mass is 19.3. The number of halogens is 2. The zero-order valence-electron chi connectivity index (χ0n) is 26.3. The number of rotatable bonds is 7. The summed E-state index contributed by atoms with van der Waals surface area (Å²) in [6.45, 7) is 11.3. The molecule has 0 unspecified atom stereocenters. The fourth-order valence-electron chi connectivity index (χ4n) is 6.33. The summed E-state index contributed by atoms with van der Waals surface area (Å²) in [6, 6.07) is 37.0. The van der Waals surface area contributed by atoms with Crippen molar-refractivity contribution in [2.45, 2.75) is 52.9 Å². The van der Waals surface area contributed by atoms with Gasteiger partial charge in [0.05, 0.1) is 12.6 Å². The van der Waals surface area contributed by atoms with Gasteiger partial charge in [-0.3, -0.25) is 0 Å². The van der Waals surface area contributed by atoms with Crippen molar-refractivity contribution in [3.8, 4) is 39.3 Å². The van der Waals surface area contributed by atoms with Gasteiger partial charge in [0.2, 0.25) is 0 Å². The summed E-state index contributed by atoms with van der Waals surface area (Å²) in [5.41, 5.74) is 12.8. The van der Waals surface area contributed by atoms with Crippen LogP contribution < -0.4 is 4.57 Å². The van der Waals surface area contributed by atoms with E-state index in [-0.39, 0.29) is 17.4 Å². The molecule has 0 atom stereocenters. The number of hydrogen-bond acceptors (Lipinski definition) is 0. The zero-order chi connectivity index (χ0) is 31.1. The highest BCUT2D eigenvalue weighted by Crippen LogP contribution is 2.37. The predicted molar refractivity (Wildman–Crippen MR) is 179 cm³/mol. The lowest BCUT2D eigenvalue weighted by Crippen LogP contribution is -2.36. The number of benzene rings is 5. The number of aryl methyl sites for hydroxylation is 2. The standard InChI is InChI=1S/C40H39F2N2/c1-25(2)34-22-32(28-13-8-7-9-14-28)23-35(26(3)4)38(34)44-36-21-20-31(29-16-18-30(19-17-29)39(41)42)24-37(36)43(6)40(44)33-15-11-10-12-27(33)5/h7-26,39H,1-6H3/q+1. The number of fused-ring (bicyclic) bond motifs is 1. The monoisotopic (exact) mass is 585 g/mol. The summed E-state index contributed by atoms with van der Waals surface area (Å²) in [7, 11) is 2.13. The Hall–Kier alpha value is -4.57. The molecule has 4 heteroatoms. The number of aromatic nitrogens is 2. The highest BCUT2D eigenvalue weighted by Gasteiger charge is 2.32. The number of imidazole rings is 1. The van der Waals surface area contributed by atoms with E-state index >= 15 is 0 Å². The molecule has 0 aliphatic carbocycles. The Labute approximate surface area is 259 Å². The SMILES string of the molecule is Cc1ccccc1-c1n(C)c2cc(-c3ccc(C(F)F)cc3)ccc2[n+]1-c1c(C(C)C)cc(-c2ccccc2)cc1C(C)C. The maximum atomic E-state index is 13.3. The van der Waals surface area contributed by atoms with Gasteiger partial charge < -0.3 is 0 Å². The van der Waals surface area contributed by atoms with Crippen LogP contribution in [0.1, 0.15) is 68.2 Å². The molecule has 44 heavy (non-hydrogen) atoms. The normalized spacial score (nSPS) is 11.8. The second-order valence-corrected chi connectivity index (χ2v) is 12.3. The van der Waals surface area contributed by atoms with Crippen LogP contribution in [0.4, 0.5) is 8.78 Å². The molecule has 222 valence electrons. The summed E-state index contributed by atoms with van der Waals surface area (Å²) < 4.78 is 31.3. The largest absolute Gasteiger partial charge is 0.295 e. The van der Waals surface area contributed by atoms with Crippen LogP contribution in [0.5, 0.6) is 0 Å². The first kappa shape index (κ1) is 29.5. The van der Waals surface area contributed by atoms with Gasteiger partial charge in [-0.25, -0.2) is 13.3 Å². The quantitative estimate of drug-likeness (QED) is 0.165. The van der Waals surface area contributed by atoms with E-state index in [2.05, 4.69) is 136 Å². The maximum Gasteiger partial charge on any atom is 0.295 e. The van der Waals surface area contributed by atoms with Crippen LogP contribution in [-0.2, 0) is 7.05 Å². The number of hydrogen-bond donors (Lipinski definition) is 0. The second-order valence-electron chi connectivity index (χ2n) is 12.3. The fourth-order valence-corrected chi connectivity index (χ4v) is 6.33. The van der Waals surface area contributed by atoms with E-state index in [4.69, 9.17) is 0 Å². The Bertz CT molecular complexity index is 1920. The first-order chi connectivity index (χ1) is 21.2. The van der Waals surface area contributed by atoms with Crippen molar-refractivity contribution < 1.29 is 13.3 Å². The lowest BCUT2D eigenvalue weighted by atomic mass is 9.88. The second kappa shape index (κ2) is 11.8. The van der Waals surface area contributed by atoms with Crippen molar-refractivity contribution in [2.75, 3.05) is 0 Å². The Kier molecular flexibility index (Phi) is 7.94. The van der Waals surface area contributed by atoms with E-state index in [1.54, 1.807) is 12.1 Å². The summed E-state index contributed by atoms with van der Waals surface area (Å²) >= 11 is 0. The van der Waals surface area contributed by atoms with Gasteiger partial charge in [-0.1, -0.05) is 100 Å². The van der Waals surface area contributed by atoms with Crippen molar-refractivity contribution in [3.63, 3.8) is 0 Å². The fraction of sp³-hybridized carbons (Fsp3) is 0.225. The molecular formula is C40H39F2N2+. The highest BCUT2D eigenvalue weighted by molar-refractivity contribution is 5.84. The molecule has 2 nitrogen and oxygen atoms in total. The summed E-state index contributed by atoms with van der Waals surface area (Å²) in [4.78, 5) is 0. The molecule has 0 radical (unpaired) electrons. The van der Waals surface area contributed by atoms with Gasteiger partial charge in [0.25, 0.3) is 12.2 Å². The summed E-state index contributed by atoms with van der Waals surface area (Å²) in [5.74, 6) is 1.68. The molecule has 6 aromatic rings. The molecule has 1 heterocycles.